The zero-order chi connectivity index (χ0) is 10.7. The van der Waals surface area contributed by atoms with Gasteiger partial charge < -0.3 is 4.90 Å². The highest BCUT2D eigenvalue weighted by molar-refractivity contribution is 5.74. The first-order valence-electron chi connectivity index (χ1n) is 5.10. The topological polar surface area (TPSA) is 33.2 Å². The van der Waals surface area contributed by atoms with Crippen LogP contribution in [0.15, 0.2) is 18.3 Å². The first-order valence-corrected chi connectivity index (χ1v) is 5.10. The van der Waals surface area contributed by atoms with E-state index in [-0.39, 0.29) is 0 Å². The summed E-state index contributed by atoms with van der Waals surface area (Å²) in [6.45, 7) is 1.25. The summed E-state index contributed by atoms with van der Waals surface area (Å²) in [6.07, 6.45) is 3.02. The van der Waals surface area contributed by atoms with Crippen molar-refractivity contribution in [1.29, 1.82) is 0 Å². The van der Waals surface area contributed by atoms with Gasteiger partial charge >= 0.3 is 0 Å². The number of nitrogens with zero attached hydrogens (tertiary/aromatic N) is 2. The maximum absolute atomic E-state index is 13.1. The van der Waals surface area contributed by atoms with E-state index in [2.05, 4.69) is 4.98 Å². The number of anilines is 1. The van der Waals surface area contributed by atoms with E-state index in [9.17, 15) is 9.18 Å². The maximum atomic E-state index is 13.1. The summed E-state index contributed by atoms with van der Waals surface area (Å²) in [5.41, 5.74) is 0.549. The lowest BCUT2D eigenvalue weighted by atomic mass is 10.1. The molecular formula is C11H13FN2O. The highest BCUT2D eigenvalue weighted by Gasteiger charge is 2.19. The second-order valence-corrected chi connectivity index (χ2v) is 3.75. The number of aldehydes is 1. The van der Waals surface area contributed by atoms with E-state index in [1.807, 2.05) is 4.90 Å². The van der Waals surface area contributed by atoms with Crippen LogP contribution in [0, 0.1) is 0 Å². The summed E-state index contributed by atoms with van der Waals surface area (Å²) < 4.78 is 13.1. The first kappa shape index (κ1) is 10.1. The van der Waals surface area contributed by atoms with E-state index in [0.717, 1.165) is 25.1 Å². The van der Waals surface area contributed by atoms with Gasteiger partial charge in [0.05, 0.1) is 6.54 Å². The summed E-state index contributed by atoms with van der Waals surface area (Å²) >= 11 is 0. The van der Waals surface area contributed by atoms with Gasteiger partial charge in [0.15, 0.2) is 6.29 Å². The molecule has 0 amide bonds. The molecule has 0 spiro atoms. The third kappa shape index (κ3) is 2.32. The van der Waals surface area contributed by atoms with Crippen LogP contribution in [0.3, 0.4) is 0 Å². The Bertz CT molecular complexity index is 339. The molecule has 2 heterocycles. The Labute approximate surface area is 87.9 Å². The van der Waals surface area contributed by atoms with Crippen LogP contribution in [0.5, 0.6) is 0 Å². The molecule has 0 radical (unpaired) electrons. The molecule has 2 rings (SSSR count). The number of carbonyl (C=O) groups is 1. The van der Waals surface area contributed by atoms with Crippen LogP contribution in [-0.4, -0.2) is 30.5 Å². The Balaban J connectivity index is 2.11. The average molecular weight is 208 g/mol. The van der Waals surface area contributed by atoms with Gasteiger partial charge in [-0.15, -0.1) is 0 Å². The Morgan fingerprint density at radius 1 is 1.53 bits per heavy atom. The lowest BCUT2D eigenvalue weighted by Gasteiger charge is -2.29. The minimum Gasteiger partial charge on any atom is -0.354 e. The quantitative estimate of drug-likeness (QED) is 0.695. The van der Waals surface area contributed by atoms with Crippen LogP contribution in [0.2, 0.25) is 0 Å². The predicted molar refractivity (Wildman–Crippen MR) is 56.0 cm³/mol. The Morgan fingerprint density at radius 3 is 3.00 bits per heavy atom. The lowest BCUT2D eigenvalue weighted by Crippen LogP contribution is -2.36. The van der Waals surface area contributed by atoms with Gasteiger partial charge in [-0.05, 0) is 25.0 Å². The SMILES string of the molecule is O=Cc1ccc(N2CCCC(F)C2)nc1. The summed E-state index contributed by atoms with van der Waals surface area (Å²) in [7, 11) is 0. The third-order valence-corrected chi connectivity index (χ3v) is 2.59. The van der Waals surface area contributed by atoms with E-state index in [0.29, 0.717) is 18.5 Å². The van der Waals surface area contributed by atoms with Gasteiger partial charge in [-0.25, -0.2) is 9.37 Å². The number of rotatable bonds is 2. The number of hydrogen-bond donors (Lipinski definition) is 0. The molecule has 0 aliphatic carbocycles. The third-order valence-electron chi connectivity index (χ3n) is 2.59. The van der Waals surface area contributed by atoms with Gasteiger partial charge in [0, 0.05) is 18.3 Å². The van der Waals surface area contributed by atoms with Gasteiger partial charge in [-0.3, -0.25) is 4.79 Å². The molecule has 1 atom stereocenters. The van der Waals surface area contributed by atoms with E-state index in [4.69, 9.17) is 0 Å². The first-order chi connectivity index (χ1) is 7.29. The minimum absolute atomic E-state index is 0.410. The van der Waals surface area contributed by atoms with Crippen molar-refractivity contribution in [2.75, 3.05) is 18.0 Å². The zero-order valence-electron chi connectivity index (χ0n) is 8.40. The number of pyridine rings is 1. The fraction of sp³-hybridized carbons (Fsp3) is 0.455. The van der Waals surface area contributed by atoms with Crippen LogP contribution < -0.4 is 4.90 Å². The Hall–Kier alpha value is -1.45. The number of halogens is 1. The van der Waals surface area contributed by atoms with E-state index in [1.165, 1.54) is 6.20 Å². The highest BCUT2D eigenvalue weighted by Crippen LogP contribution is 2.19. The van der Waals surface area contributed by atoms with Gasteiger partial charge in [-0.1, -0.05) is 0 Å². The molecule has 0 bridgehead atoms. The monoisotopic (exact) mass is 208 g/mol. The van der Waals surface area contributed by atoms with Crippen molar-refractivity contribution in [3.05, 3.63) is 23.9 Å². The van der Waals surface area contributed by atoms with Gasteiger partial charge in [-0.2, -0.15) is 0 Å². The zero-order valence-corrected chi connectivity index (χ0v) is 8.40. The van der Waals surface area contributed by atoms with Crippen molar-refractivity contribution in [2.24, 2.45) is 0 Å². The molecule has 0 saturated carbocycles. The predicted octanol–water partition coefficient (Wildman–Crippen LogP) is 1.83. The lowest BCUT2D eigenvalue weighted by molar-refractivity contribution is 0.112. The Kier molecular flexibility index (Phi) is 2.94. The van der Waals surface area contributed by atoms with Gasteiger partial charge in [0.25, 0.3) is 0 Å². The fourth-order valence-electron chi connectivity index (χ4n) is 1.79. The van der Waals surface area contributed by atoms with Crippen LogP contribution in [0.1, 0.15) is 23.2 Å². The molecule has 1 unspecified atom stereocenters. The van der Waals surface area contributed by atoms with Crippen molar-refractivity contribution in [3.8, 4) is 0 Å². The van der Waals surface area contributed by atoms with E-state index < -0.39 is 6.17 Å². The number of aromatic nitrogens is 1. The largest absolute Gasteiger partial charge is 0.354 e. The van der Waals surface area contributed by atoms with Crippen LogP contribution in [-0.2, 0) is 0 Å². The highest BCUT2D eigenvalue weighted by atomic mass is 19.1. The second kappa shape index (κ2) is 4.38. The second-order valence-electron chi connectivity index (χ2n) is 3.75. The van der Waals surface area contributed by atoms with Crippen molar-refractivity contribution in [3.63, 3.8) is 0 Å². The molecular weight excluding hydrogens is 195 g/mol. The summed E-state index contributed by atoms with van der Waals surface area (Å²) in [5, 5.41) is 0. The molecule has 1 saturated heterocycles. The van der Waals surface area contributed by atoms with E-state index in [1.54, 1.807) is 12.1 Å². The standard InChI is InChI=1S/C11H13FN2O/c12-10-2-1-5-14(7-10)11-4-3-9(8-15)6-13-11/h3-4,6,8,10H,1-2,5,7H2. The van der Waals surface area contributed by atoms with Crippen LogP contribution in [0.4, 0.5) is 10.2 Å². The molecule has 15 heavy (non-hydrogen) atoms. The van der Waals surface area contributed by atoms with Gasteiger partial charge in [0.1, 0.15) is 12.0 Å². The normalized spacial score (nSPS) is 21.4. The summed E-state index contributed by atoms with van der Waals surface area (Å²) in [4.78, 5) is 16.5. The number of piperidine rings is 1. The van der Waals surface area contributed by atoms with Crippen molar-refractivity contribution < 1.29 is 9.18 Å². The number of hydrogen-bond acceptors (Lipinski definition) is 3. The molecule has 0 aromatic carbocycles. The van der Waals surface area contributed by atoms with Crippen LogP contribution in [0.25, 0.3) is 0 Å². The van der Waals surface area contributed by atoms with Crippen molar-refractivity contribution in [1.82, 2.24) is 4.98 Å². The smallest absolute Gasteiger partial charge is 0.151 e. The molecule has 1 aromatic heterocycles. The molecule has 1 aliphatic heterocycles. The van der Waals surface area contributed by atoms with Crippen molar-refractivity contribution >= 4 is 12.1 Å². The minimum atomic E-state index is -0.758. The van der Waals surface area contributed by atoms with E-state index >= 15 is 0 Å². The summed E-state index contributed by atoms with van der Waals surface area (Å²) in [6, 6.07) is 3.47. The molecule has 1 fully saturated rings. The molecule has 1 aliphatic rings. The Morgan fingerprint density at radius 2 is 2.40 bits per heavy atom. The van der Waals surface area contributed by atoms with Crippen LogP contribution >= 0.6 is 0 Å². The molecule has 1 aromatic rings. The van der Waals surface area contributed by atoms with Crippen molar-refractivity contribution in [2.45, 2.75) is 19.0 Å². The molecule has 3 nitrogen and oxygen atoms in total. The molecule has 0 N–H and O–H groups in total. The average Bonchev–Trinajstić information content (AvgIpc) is 2.29. The number of carbonyl (C=O) groups excluding carboxylic acids is 1. The fourth-order valence-corrected chi connectivity index (χ4v) is 1.79. The number of alkyl halides is 1. The molecule has 80 valence electrons. The van der Waals surface area contributed by atoms with Gasteiger partial charge in [0.2, 0.25) is 0 Å². The summed E-state index contributed by atoms with van der Waals surface area (Å²) in [5.74, 6) is 0.753. The maximum Gasteiger partial charge on any atom is 0.151 e. The molecule has 4 heteroatoms.